The quantitative estimate of drug-likeness (QED) is 0.614. The molecule has 0 spiro atoms. The number of carbonyl (C=O) groups excluding carboxylic acids is 1. The number of fused-ring (bicyclic) bond motifs is 1. The summed E-state index contributed by atoms with van der Waals surface area (Å²) in [5.41, 5.74) is 3.48. The highest BCUT2D eigenvalue weighted by molar-refractivity contribution is 9.10. The van der Waals surface area contributed by atoms with E-state index in [1.54, 1.807) is 0 Å². The highest BCUT2D eigenvalue weighted by Crippen LogP contribution is 2.26. The Morgan fingerprint density at radius 3 is 2.68 bits per heavy atom. The molecule has 2 aromatic carbocycles. The van der Waals surface area contributed by atoms with Gasteiger partial charge in [-0.15, -0.1) is 0 Å². The lowest BCUT2D eigenvalue weighted by Gasteiger charge is -2.28. The van der Waals surface area contributed by atoms with Gasteiger partial charge in [0.1, 0.15) is 5.82 Å². The van der Waals surface area contributed by atoms with E-state index in [1.165, 1.54) is 0 Å². The summed E-state index contributed by atoms with van der Waals surface area (Å²) in [6.07, 6.45) is 0. The molecule has 1 aliphatic heterocycles. The Balaban J connectivity index is 1.53. The molecule has 0 atom stereocenters. The smallest absolute Gasteiger partial charge is 0.323 e. The van der Waals surface area contributed by atoms with Crippen LogP contribution in [0.25, 0.3) is 10.9 Å². The Morgan fingerprint density at radius 1 is 1.11 bits per heavy atom. The molecule has 0 aliphatic carbocycles. The van der Waals surface area contributed by atoms with Crippen LogP contribution in [0.4, 0.5) is 22.0 Å². The maximum absolute atomic E-state index is 12.3. The number of halogens is 1. The Hall–Kier alpha value is -2.64. The molecule has 1 aliphatic rings. The molecular formula is C21H21BrN4O2. The van der Waals surface area contributed by atoms with Crippen molar-refractivity contribution in [1.29, 1.82) is 0 Å². The maximum Gasteiger partial charge on any atom is 0.323 e. The largest absolute Gasteiger partial charge is 0.378 e. The van der Waals surface area contributed by atoms with Crippen molar-refractivity contribution in [3.8, 4) is 0 Å². The van der Waals surface area contributed by atoms with Crippen LogP contribution in [0.1, 0.15) is 5.56 Å². The maximum atomic E-state index is 12.3. The predicted molar refractivity (Wildman–Crippen MR) is 116 cm³/mol. The number of nitrogens with zero attached hydrogens (tertiary/aromatic N) is 2. The molecule has 144 valence electrons. The Kier molecular flexibility index (Phi) is 5.45. The van der Waals surface area contributed by atoms with Crippen molar-refractivity contribution in [3.05, 3.63) is 58.6 Å². The first-order valence-electron chi connectivity index (χ1n) is 9.17. The first-order chi connectivity index (χ1) is 13.6. The number of pyridine rings is 1. The van der Waals surface area contributed by atoms with Crippen LogP contribution in [0.2, 0.25) is 0 Å². The fraction of sp³-hybridized carbons (Fsp3) is 0.238. The average Bonchev–Trinajstić information content (AvgIpc) is 2.71. The van der Waals surface area contributed by atoms with E-state index >= 15 is 0 Å². The Labute approximate surface area is 172 Å². The van der Waals surface area contributed by atoms with Crippen LogP contribution in [-0.4, -0.2) is 37.3 Å². The van der Waals surface area contributed by atoms with E-state index in [0.717, 1.165) is 58.7 Å². The number of amides is 2. The second kappa shape index (κ2) is 8.16. The number of hydrogen-bond donors (Lipinski definition) is 2. The van der Waals surface area contributed by atoms with Crippen LogP contribution in [0.3, 0.4) is 0 Å². The number of carbonyl (C=O) groups is 1. The van der Waals surface area contributed by atoms with Crippen LogP contribution in [0.5, 0.6) is 0 Å². The van der Waals surface area contributed by atoms with Crippen molar-refractivity contribution < 1.29 is 9.53 Å². The summed E-state index contributed by atoms with van der Waals surface area (Å²) in [6, 6.07) is 15.1. The third-order valence-electron chi connectivity index (χ3n) is 4.72. The lowest BCUT2D eigenvalue weighted by atomic mass is 10.1. The molecule has 1 saturated heterocycles. The van der Waals surface area contributed by atoms with E-state index < -0.39 is 0 Å². The van der Waals surface area contributed by atoms with Gasteiger partial charge in [-0.05, 0) is 64.8 Å². The van der Waals surface area contributed by atoms with Crippen LogP contribution < -0.4 is 15.5 Å². The van der Waals surface area contributed by atoms with Gasteiger partial charge in [0.15, 0.2) is 0 Å². The first-order valence-corrected chi connectivity index (χ1v) is 9.96. The zero-order valence-corrected chi connectivity index (χ0v) is 17.1. The molecule has 4 rings (SSSR count). The number of urea groups is 1. The summed E-state index contributed by atoms with van der Waals surface area (Å²) in [4.78, 5) is 19.4. The van der Waals surface area contributed by atoms with E-state index in [-0.39, 0.29) is 6.03 Å². The number of nitrogens with one attached hydrogen (secondary N) is 2. The van der Waals surface area contributed by atoms with Crippen molar-refractivity contribution in [2.75, 3.05) is 41.8 Å². The zero-order valence-electron chi connectivity index (χ0n) is 15.5. The number of morpholine rings is 1. The molecule has 1 aromatic heterocycles. The molecule has 6 nitrogen and oxygen atoms in total. The van der Waals surface area contributed by atoms with Crippen molar-refractivity contribution in [3.63, 3.8) is 0 Å². The SMILES string of the molecule is Cc1cc(N2CCOCC2)nc2ccc(NC(=O)Nc3ccccc3Br)cc12. The molecule has 3 aromatic rings. The molecule has 2 heterocycles. The number of ether oxygens (including phenoxy) is 1. The highest BCUT2D eigenvalue weighted by atomic mass is 79.9. The van der Waals surface area contributed by atoms with E-state index in [1.807, 2.05) is 42.5 Å². The summed E-state index contributed by atoms with van der Waals surface area (Å²) < 4.78 is 6.26. The second-order valence-corrected chi connectivity index (χ2v) is 7.54. The summed E-state index contributed by atoms with van der Waals surface area (Å²) in [5.74, 6) is 0.973. The standard InChI is InChI=1S/C21H21BrN4O2/c1-14-12-20(26-8-10-28-11-9-26)24-18-7-6-15(13-16(14)18)23-21(27)25-19-5-3-2-4-17(19)22/h2-7,12-13H,8-11H2,1H3,(H2,23,25,27). The number of anilines is 3. The molecule has 0 unspecified atom stereocenters. The molecule has 2 N–H and O–H groups in total. The third-order valence-corrected chi connectivity index (χ3v) is 5.41. The van der Waals surface area contributed by atoms with Gasteiger partial charge < -0.3 is 20.3 Å². The molecule has 0 bridgehead atoms. The van der Waals surface area contributed by atoms with Gasteiger partial charge in [0, 0.05) is 28.6 Å². The van der Waals surface area contributed by atoms with Gasteiger partial charge in [-0.25, -0.2) is 9.78 Å². The lowest BCUT2D eigenvalue weighted by molar-refractivity contribution is 0.122. The molecule has 2 amide bonds. The van der Waals surface area contributed by atoms with Crippen LogP contribution in [0, 0.1) is 6.92 Å². The highest BCUT2D eigenvalue weighted by Gasteiger charge is 2.14. The predicted octanol–water partition coefficient (Wildman–Crippen LogP) is 4.79. The molecular weight excluding hydrogens is 420 g/mol. The number of benzene rings is 2. The number of rotatable bonds is 3. The van der Waals surface area contributed by atoms with Gasteiger partial charge >= 0.3 is 6.03 Å². The molecule has 0 radical (unpaired) electrons. The first kappa shape index (κ1) is 18.7. The number of aryl methyl sites for hydroxylation is 1. The normalized spacial score (nSPS) is 14.1. The fourth-order valence-electron chi connectivity index (χ4n) is 3.26. The summed E-state index contributed by atoms with van der Waals surface area (Å²) in [5, 5.41) is 6.76. The van der Waals surface area contributed by atoms with Crippen molar-refractivity contribution in [1.82, 2.24) is 4.98 Å². The summed E-state index contributed by atoms with van der Waals surface area (Å²) in [6.45, 7) is 5.24. The van der Waals surface area contributed by atoms with E-state index in [4.69, 9.17) is 9.72 Å². The molecule has 1 fully saturated rings. The monoisotopic (exact) mass is 440 g/mol. The van der Waals surface area contributed by atoms with Crippen molar-refractivity contribution >= 4 is 50.1 Å². The van der Waals surface area contributed by atoms with Crippen molar-refractivity contribution in [2.45, 2.75) is 6.92 Å². The average molecular weight is 441 g/mol. The number of para-hydroxylation sites is 1. The molecule has 7 heteroatoms. The van der Waals surface area contributed by atoms with Gasteiger partial charge in [0.25, 0.3) is 0 Å². The van der Waals surface area contributed by atoms with Crippen LogP contribution in [-0.2, 0) is 4.74 Å². The minimum Gasteiger partial charge on any atom is -0.378 e. The molecule has 0 saturated carbocycles. The van der Waals surface area contributed by atoms with Gasteiger partial charge in [0.2, 0.25) is 0 Å². The van der Waals surface area contributed by atoms with E-state index in [9.17, 15) is 4.79 Å². The number of hydrogen-bond acceptors (Lipinski definition) is 4. The molecule has 28 heavy (non-hydrogen) atoms. The van der Waals surface area contributed by atoms with Crippen molar-refractivity contribution in [2.24, 2.45) is 0 Å². The Bertz CT molecular complexity index is 1020. The zero-order chi connectivity index (χ0) is 19.5. The van der Waals surface area contributed by atoms with Gasteiger partial charge in [-0.2, -0.15) is 0 Å². The van der Waals surface area contributed by atoms with Gasteiger partial charge in [-0.1, -0.05) is 12.1 Å². The lowest BCUT2D eigenvalue weighted by Crippen LogP contribution is -2.36. The summed E-state index contributed by atoms with van der Waals surface area (Å²) in [7, 11) is 0. The van der Waals surface area contributed by atoms with Crippen LogP contribution in [0.15, 0.2) is 53.0 Å². The van der Waals surface area contributed by atoms with Crippen LogP contribution >= 0.6 is 15.9 Å². The summed E-state index contributed by atoms with van der Waals surface area (Å²) >= 11 is 3.43. The Morgan fingerprint density at radius 2 is 1.89 bits per heavy atom. The minimum atomic E-state index is -0.290. The number of aromatic nitrogens is 1. The van der Waals surface area contributed by atoms with E-state index in [0.29, 0.717) is 5.69 Å². The van der Waals surface area contributed by atoms with Gasteiger partial charge in [-0.3, -0.25) is 0 Å². The van der Waals surface area contributed by atoms with E-state index in [2.05, 4.69) is 44.5 Å². The minimum absolute atomic E-state index is 0.290. The third kappa shape index (κ3) is 4.10. The van der Waals surface area contributed by atoms with Gasteiger partial charge in [0.05, 0.1) is 24.4 Å². The topological polar surface area (TPSA) is 66.5 Å². The fourth-order valence-corrected chi connectivity index (χ4v) is 3.64. The second-order valence-electron chi connectivity index (χ2n) is 6.69.